The number of aromatic amines is 1. The lowest BCUT2D eigenvalue weighted by atomic mass is 9.83. The zero-order valence-corrected chi connectivity index (χ0v) is 17.5. The lowest BCUT2D eigenvalue weighted by Gasteiger charge is -2.21. The summed E-state index contributed by atoms with van der Waals surface area (Å²) in [6.45, 7) is 3.80. The fourth-order valence-electron chi connectivity index (χ4n) is 3.69. The van der Waals surface area contributed by atoms with Gasteiger partial charge in [0.25, 0.3) is 5.91 Å². The van der Waals surface area contributed by atoms with Crippen molar-refractivity contribution in [1.29, 1.82) is 0 Å². The van der Waals surface area contributed by atoms with Crippen LogP contribution in [0.15, 0.2) is 67.0 Å². The summed E-state index contributed by atoms with van der Waals surface area (Å²) in [4.78, 5) is 33.3. The number of rotatable bonds is 6. The highest BCUT2D eigenvalue weighted by atomic mass is 31.0. The van der Waals surface area contributed by atoms with Crippen LogP contribution in [0.1, 0.15) is 45.7 Å². The van der Waals surface area contributed by atoms with Crippen molar-refractivity contribution in [2.45, 2.75) is 25.7 Å². The average molecular weight is 407 g/mol. The first-order chi connectivity index (χ1) is 14.1. The minimum Gasteiger partial charge on any atom is -0.364 e. The van der Waals surface area contributed by atoms with Gasteiger partial charge < -0.3 is 10.3 Å². The van der Waals surface area contributed by atoms with E-state index in [1.165, 1.54) is 0 Å². The zero-order valence-electron chi connectivity index (χ0n) is 16.4. The van der Waals surface area contributed by atoms with Crippen LogP contribution in [0.4, 0.5) is 5.82 Å². The number of carbonyl (C=O) groups is 2. The Morgan fingerprint density at radius 1 is 1.41 bits per heavy atom. The van der Waals surface area contributed by atoms with Gasteiger partial charge in [-0.3, -0.25) is 9.59 Å². The minimum atomic E-state index is -0.323. The lowest BCUT2D eigenvalue weighted by molar-refractivity contribution is 0.0948. The fourth-order valence-corrected chi connectivity index (χ4v) is 3.82. The van der Waals surface area contributed by atoms with Crippen molar-refractivity contribution in [2.75, 3.05) is 11.5 Å². The summed E-state index contributed by atoms with van der Waals surface area (Å²) in [7, 11) is 2.67. The zero-order chi connectivity index (χ0) is 20.6. The van der Waals surface area contributed by atoms with Gasteiger partial charge in [0.05, 0.1) is 11.1 Å². The van der Waals surface area contributed by atoms with E-state index in [0.29, 0.717) is 23.4 Å². The van der Waals surface area contributed by atoms with Crippen molar-refractivity contribution >= 4 is 26.7 Å². The van der Waals surface area contributed by atoms with Crippen molar-refractivity contribution in [2.24, 2.45) is 5.92 Å². The molecule has 2 aromatic rings. The normalized spacial score (nSPS) is 17.5. The molecule has 5 nitrogen and oxygen atoms in total. The molecule has 150 valence electrons. The van der Waals surface area contributed by atoms with E-state index >= 15 is 0 Å². The molecule has 2 N–H and O–H groups in total. The summed E-state index contributed by atoms with van der Waals surface area (Å²) in [5.41, 5.74) is 2.84. The maximum atomic E-state index is 13.2. The van der Waals surface area contributed by atoms with E-state index in [4.69, 9.17) is 0 Å². The number of nitrogens with zero attached hydrogens (tertiary/aromatic N) is 1. The molecule has 1 aliphatic carbocycles. The smallest absolute Gasteiger partial charge is 0.259 e. The van der Waals surface area contributed by atoms with Crippen LogP contribution in [-0.4, -0.2) is 27.8 Å². The van der Waals surface area contributed by atoms with Crippen LogP contribution in [0.3, 0.4) is 0 Å². The molecule has 0 aliphatic heterocycles. The number of Topliss-reactive ketones (excluding diaryl/α,β-unsaturated/α-hetero) is 1. The van der Waals surface area contributed by atoms with Crippen LogP contribution in [-0.2, 0) is 6.42 Å². The number of pyridine rings is 1. The van der Waals surface area contributed by atoms with Crippen LogP contribution in [0, 0.1) is 5.92 Å². The van der Waals surface area contributed by atoms with Crippen molar-refractivity contribution in [3.63, 3.8) is 0 Å². The molecule has 2 unspecified atom stereocenters. The van der Waals surface area contributed by atoms with Gasteiger partial charge in [-0.2, -0.15) is 0 Å². The topological polar surface area (TPSA) is 74.8 Å². The first-order valence-electron chi connectivity index (χ1n) is 9.79. The molecule has 2 heterocycles. The highest BCUT2D eigenvalue weighted by Crippen LogP contribution is 2.31. The second kappa shape index (κ2) is 10.1. The highest BCUT2D eigenvalue weighted by molar-refractivity contribution is 7.16. The molecular weight excluding hydrogens is 381 g/mol. The molecule has 2 aromatic heterocycles. The Balaban J connectivity index is 1.86. The first-order valence-corrected chi connectivity index (χ1v) is 10.6. The van der Waals surface area contributed by atoms with Gasteiger partial charge in [-0.25, -0.2) is 4.98 Å². The Bertz CT molecular complexity index is 944. The number of ketones is 1. The van der Waals surface area contributed by atoms with Gasteiger partial charge in [0.2, 0.25) is 0 Å². The number of carbonyl (C=O) groups excluding carboxylic acids is 2. The van der Waals surface area contributed by atoms with Crippen LogP contribution >= 0.6 is 9.24 Å². The van der Waals surface area contributed by atoms with E-state index in [-0.39, 0.29) is 17.6 Å². The molecule has 1 amide bonds. The lowest BCUT2D eigenvalue weighted by Crippen LogP contribution is -2.20. The van der Waals surface area contributed by atoms with Crippen molar-refractivity contribution in [1.82, 2.24) is 9.97 Å². The molecule has 3 rings (SSSR count). The first kappa shape index (κ1) is 20.9. The Labute approximate surface area is 173 Å². The van der Waals surface area contributed by atoms with Crippen LogP contribution < -0.4 is 5.32 Å². The summed E-state index contributed by atoms with van der Waals surface area (Å²) in [5.74, 6) is 0.244. The number of aromatic nitrogens is 2. The number of amides is 1. The van der Waals surface area contributed by atoms with Gasteiger partial charge in [0.1, 0.15) is 5.82 Å². The Kier molecular flexibility index (Phi) is 7.31. The molecule has 29 heavy (non-hydrogen) atoms. The molecule has 0 radical (unpaired) electrons. The number of aryl methyl sites for hydroxylation is 1. The van der Waals surface area contributed by atoms with Crippen LogP contribution in [0.25, 0.3) is 0 Å². The molecule has 0 spiro atoms. The Hall–Kier alpha value is -2.78. The number of hydrogen-bond donors (Lipinski definition) is 2. The maximum absolute atomic E-state index is 13.2. The SMILES string of the molecule is C=C/C=C(\C=C/CP)C1CCCc2[nH]cc(C(=O)Nc3ccccn3)c2C(=O)C1. The summed E-state index contributed by atoms with van der Waals surface area (Å²) in [6, 6.07) is 5.30. The second-order valence-electron chi connectivity index (χ2n) is 6.98. The third-order valence-corrected chi connectivity index (χ3v) is 5.30. The van der Waals surface area contributed by atoms with Gasteiger partial charge in [-0.1, -0.05) is 36.9 Å². The summed E-state index contributed by atoms with van der Waals surface area (Å²) >= 11 is 0. The molecule has 0 bridgehead atoms. The molecule has 2 atom stereocenters. The minimum absolute atomic E-state index is 0.00800. The van der Waals surface area contributed by atoms with Gasteiger partial charge in [0.15, 0.2) is 5.78 Å². The predicted octanol–water partition coefficient (Wildman–Crippen LogP) is 4.73. The quantitative estimate of drug-likeness (QED) is 0.537. The molecule has 0 fully saturated rings. The van der Waals surface area contributed by atoms with E-state index in [1.807, 2.05) is 6.08 Å². The van der Waals surface area contributed by atoms with Gasteiger partial charge in [-0.15, -0.1) is 9.24 Å². The third kappa shape index (κ3) is 5.18. The maximum Gasteiger partial charge on any atom is 0.259 e. The number of allylic oxidation sites excluding steroid dienone is 5. The van der Waals surface area contributed by atoms with E-state index in [1.54, 1.807) is 36.7 Å². The van der Waals surface area contributed by atoms with Gasteiger partial charge >= 0.3 is 0 Å². The van der Waals surface area contributed by atoms with E-state index in [9.17, 15) is 9.59 Å². The van der Waals surface area contributed by atoms with E-state index < -0.39 is 0 Å². The van der Waals surface area contributed by atoms with Crippen molar-refractivity contribution < 1.29 is 9.59 Å². The van der Waals surface area contributed by atoms with Crippen molar-refractivity contribution in [3.05, 3.63) is 83.9 Å². The molecule has 1 aliphatic rings. The monoisotopic (exact) mass is 407 g/mol. The Morgan fingerprint density at radius 2 is 2.28 bits per heavy atom. The van der Waals surface area contributed by atoms with Gasteiger partial charge in [0, 0.05) is 24.5 Å². The fraction of sp³-hybridized carbons (Fsp3) is 0.261. The second-order valence-corrected chi connectivity index (χ2v) is 7.45. The highest BCUT2D eigenvalue weighted by Gasteiger charge is 2.28. The number of hydrogen-bond acceptors (Lipinski definition) is 3. The number of anilines is 1. The molecule has 6 heteroatoms. The summed E-state index contributed by atoms with van der Waals surface area (Å²) in [6.07, 6.45) is 14.9. The Morgan fingerprint density at radius 3 is 3.00 bits per heavy atom. The predicted molar refractivity (Wildman–Crippen MR) is 120 cm³/mol. The largest absolute Gasteiger partial charge is 0.364 e. The summed E-state index contributed by atoms with van der Waals surface area (Å²) in [5, 5.41) is 2.77. The van der Waals surface area contributed by atoms with E-state index in [2.05, 4.69) is 43.3 Å². The average Bonchev–Trinajstić information content (AvgIpc) is 3.13. The van der Waals surface area contributed by atoms with Crippen molar-refractivity contribution in [3.8, 4) is 0 Å². The number of nitrogens with one attached hydrogen (secondary N) is 2. The molecule has 0 saturated carbocycles. The number of H-pyrrole nitrogens is 1. The molecular formula is C23H26N3O2P. The van der Waals surface area contributed by atoms with Gasteiger partial charge in [-0.05, 0) is 49.0 Å². The number of fused-ring (bicyclic) bond motifs is 1. The summed E-state index contributed by atoms with van der Waals surface area (Å²) < 4.78 is 0. The van der Waals surface area contributed by atoms with E-state index in [0.717, 1.165) is 36.7 Å². The van der Waals surface area contributed by atoms with Crippen LogP contribution in [0.5, 0.6) is 0 Å². The van der Waals surface area contributed by atoms with Crippen LogP contribution in [0.2, 0.25) is 0 Å². The molecule has 0 aromatic carbocycles. The third-order valence-electron chi connectivity index (χ3n) is 5.03. The standard InChI is InChI=1S/C23H26N3O2P/c1-2-7-16(9-6-13-29)17-8-5-10-19-22(20(27)14-17)18(15-25-19)23(28)26-21-11-3-4-12-24-21/h2-4,6-7,9,11-12,15,17,25H,1,5,8,10,13-14,29H2,(H,24,26,28)/b9-6-,16-7+. The molecule has 0 saturated heterocycles.